The number of nitrogens with zero attached hydrogens (tertiary/aromatic N) is 4. The minimum absolute atomic E-state index is 0.0419. The maximum absolute atomic E-state index is 12.7. The molecule has 0 bridgehead atoms. The molecular formula is C18H24N4O. The molecule has 0 atom stereocenters. The van der Waals surface area contributed by atoms with Crippen LogP contribution in [0.15, 0.2) is 36.4 Å². The maximum Gasteiger partial charge on any atom is 0.274 e. The summed E-state index contributed by atoms with van der Waals surface area (Å²) < 4.78 is 1.91. The van der Waals surface area contributed by atoms with Crippen molar-refractivity contribution in [3.63, 3.8) is 0 Å². The first kappa shape index (κ1) is 15.6. The Morgan fingerprint density at radius 3 is 2.30 bits per heavy atom. The Bertz CT molecular complexity index is 670. The molecule has 1 fully saturated rings. The van der Waals surface area contributed by atoms with E-state index >= 15 is 0 Å². The van der Waals surface area contributed by atoms with Gasteiger partial charge >= 0.3 is 0 Å². The van der Waals surface area contributed by atoms with Crippen LogP contribution in [0.25, 0.3) is 0 Å². The quantitative estimate of drug-likeness (QED) is 0.875. The van der Waals surface area contributed by atoms with Gasteiger partial charge in [0, 0.05) is 43.6 Å². The van der Waals surface area contributed by atoms with Crippen LogP contribution in [0.3, 0.4) is 0 Å². The van der Waals surface area contributed by atoms with E-state index in [1.54, 1.807) is 0 Å². The van der Waals surface area contributed by atoms with Crippen LogP contribution in [0.1, 0.15) is 36.1 Å². The van der Waals surface area contributed by atoms with Gasteiger partial charge in [0.15, 0.2) is 5.69 Å². The largest absolute Gasteiger partial charge is 0.368 e. The van der Waals surface area contributed by atoms with Crippen LogP contribution in [-0.2, 0) is 0 Å². The summed E-state index contributed by atoms with van der Waals surface area (Å²) in [5.41, 5.74) is 2.81. The summed E-state index contributed by atoms with van der Waals surface area (Å²) in [5, 5.41) is 4.47. The van der Waals surface area contributed by atoms with Crippen molar-refractivity contribution in [2.24, 2.45) is 0 Å². The highest BCUT2D eigenvalue weighted by Gasteiger charge is 2.24. The minimum Gasteiger partial charge on any atom is -0.368 e. The van der Waals surface area contributed by atoms with Crippen molar-refractivity contribution in [3.05, 3.63) is 47.8 Å². The third-order valence-electron chi connectivity index (χ3n) is 4.32. The van der Waals surface area contributed by atoms with Gasteiger partial charge < -0.3 is 9.80 Å². The van der Waals surface area contributed by atoms with E-state index in [4.69, 9.17) is 0 Å². The molecule has 1 aromatic heterocycles. The number of amides is 1. The van der Waals surface area contributed by atoms with Gasteiger partial charge in [-0.05, 0) is 39.0 Å². The average Bonchev–Trinajstić information content (AvgIpc) is 2.97. The molecule has 1 amide bonds. The molecule has 5 nitrogen and oxygen atoms in total. The van der Waals surface area contributed by atoms with E-state index in [-0.39, 0.29) is 11.9 Å². The smallest absolute Gasteiger partial charge is 0.274 e. The first-order valence-electron chi connectivity index (χ1n) is 8.21. The third kappa shape index (κ3) is 3.23. The Kier molecular flexibility index (Phi) is 4.37. The number of hydrogen-bond donors (Lipinski definition) is 0. The number of anilines is 1. The zero-order valence-electron chi connectivity index (χ0n) is 14.1. The van der Waals surface area contributed by atoms with E-state index in [2.05, 4.69) is 36.0 Å². The molecule has 1 aliphatic heterocycles. The van der Waals surface area contributed by atoms with Gasteiger partial charge in [0.1, 0.15) is 0 Å². The lowest BCUT2D eigenvalue weighted by molar-refractivity contribution is 0.0739. The number of aryl methyl sites for hydroxylation is 1. The lowest BCUT2D eigenvalue weighted by Gasteiger charge is -2.35. The van der Waals surface area contributed by atoms with Gasteiger partial charge in [0.05, 0.1) is 0 Å². The number of hydrogen-bond acceptors (Lipinski definition) is 3. The Morgan fingerprint density at radius 1 is 1.09 bits per heavy atom. The predicted molar refractivity (Wildman–Crippen MR) is 91.9 cm³/mol. The zero-order chi connectivity index (χ0) is 16.4. The van der Waals surface area contributed by atoms with Crippen molar-refractivity contribution in [2.45, 2.75) is 26.8 Å². The lowest BCUT2D eigenvalue weighted by atomic mass is 10.2. The number of piperazine rings is 1. The first-order valence-corrected chi connectivity index (χ1v) is 8.21. The van der Waals surface area contributed by atoms with Crippen LogP contribution < -0.4 is 4.90 Å². The fourth-order valence-electron chi connectivity index (χ4n) is 3.08. The molecule has 2 aromatic rings. The van der Waals surface area contributed by atoms with Gasteiger partial charge in [0.25, 0.3) is 5.91 Å². The average molecular weight is 312 g/mol. The summed E-state index contributed by atoms with van der Waals surface area (Å²) in [6.45, 7) is 9.35. The molecule has 5 heteroatoms. The number of carbonyl (C=O) groups is 1. The standard InChI is InChI=1S/C18H24N4O/c1-14(2)22-15(3)13-17(19-22)18(23)21-11-9-20(10-12-21)16-7-5-4-6-8-16/h4-8,13-14H,9-12H2,1-3H3. The van der Waals surface area contributed by atoms with Crippen LogP contribution in [-0.4, -0.2) is 46.8 Å². The molecule has 1 aromatic carbocycles. The zero-order valence-corrected chi connectivity index (χ0v) is 14.1. The molecule has 2 heterocycles. The maximum atomic E-state index is 12.7. The molecule has 23 heavy (non-hydrogen) atoms. The van der Waals surface area contributed by atoms with E-state index in [0.29, 0.717) is 5.69 Å². The third-order valence-corrected chi connectivity index (χ3v) is 4.32. The number of aromatic nitrogens is 2. The molecule has 0 spiro atoms. The molecular weight excluding hydrogens is 288 g/mol. The number of benzene rings is 1. The van der Waals surface area contributed by atoms with Crippen molar-refractivity contribution in [1.29, 1.82) is 0 Å². The SMILES string of the molecule is Cc1cc(C(=O)N2CCN(c3ccccc3)CC2)nn1C(C)C. The highest BCUT2D eigenvalue weighted by atomic mass is 16.2. The molecule has 0 N–H and O–H groups in total. The fourth-order valence-corrected chi connectivity index (χ4v) is 3.08. The second-order valence-electron chi connectivity index (χ2n) is 6.32. The summed E-state index contributed by atoms with van der Waals surface area (Å²) in [6.07, 6.45) is 0. The Balaban J connectivity index is 1.65. The number of rotatable bonds is 3. The second kappa shape index (κ2) is 6.44. The van der Waals surface area contributed by atoms with Crippen LogP contribution in [0, 0.1) is 6.92 Å². The topological polar surface area (TPSA) is 41.4 Å². The highest BCUT2D eigenvalue weighted by molar-refractivity contribution is 5.92. The van der Waals surface area contributed by atoms with E-state index in [9.17, 15) is 4.79 Å². The Labute approximate surface area is 137 Å². The number of carbonyl (C=O) groups excluding carboxylic acids is 1. The van der Waals surface area contributed by atoms with Crippen molar-refractivity contribution in [3.8, 4) is 0 Å². The van der Waals surface area contributed by atoms with Crippen LogP contribution in [0.5, 0.6) is 0 Å². The minimum atomic E-state index is 0.0419. The van der Waals surface area contributed by atoms with Crippen LogP contribution in [0.4, 0.5) is 5.69 Å². The molecule has 0 saturated carbocycles. The molecule has 0 aliphatic carbocycles. The summed E-state index contributed by atoms with van der Waals surface area (Å²) in [7, 11) is 0. The summed E-state index contributed by atoms with van der Waals surface area (Å²) in [6, 6.07) is 12.5. The number of para-hydroxylation sites is 1. The monoisotopic (exact) mass is 312 g/mol. The van der Waals surface area contributed by atoms with Crippen molar-refractivity contribution in [1.82, 2.24) is 14.7 Å². The molecule has 0 unspecified atom stereocenters. The van der Waals surface area contributed by atoms with Gasteiger partial charge in [0.2, 0.25) is 0 Å². The summed E-state index contributed by atoms with van der Waals surface area (Å²) in [4.78, 5) is 16.9. The van der Waals surface area contributed by atoms with E-state index in [1.807, 2.05) is 40.8 Å². The lowest BCUT2D eigenvalue weighted by Crippen LogP contribution is -2.48. The predicted octanol–water partition coefficient (Wildman–Crippen LogP) is 2.73. The van der Waals surface area contributed by atoms with Gasteiger partial charge in [-0.2, -0.15) is 5.10 Å². The van der Waals surface area contributed by atoms with Crippen LogP contribution in [0.2, 0.25) is 0 Å². The summed E-state index contributed by atoms with van der Waals surface area (Å²) >= 11 is 0. The van der Waals surface area contributed by atoms with Crippen molar-refractivity contribution >= 4 is 11.6 Å². The molecule has 1 saturated heterocycles. The molecule has 122 valence electrons. The van der Waals surface area contributed by atoms with E-state index in [1.165, 1.54) is 5.69 Å². The first-order chi connectivity index (χ1) is 11.1. The highest BCUT2D eigenvalue weighted by Crippen LogP contribution is 2.17. The van der Waals surface area contributed by atoms with E-state index in [0.717, 1.165) is 31.9 Å². The van der Waals surface area contributed by atoms with Crippen molar-refractivity contribution < 1.29 is 4.79 Å². The van der Waals surface area contributed by atoms with E-state index < -0.39 is 0 Å². The Morgan fingerprint density at radius 2 is 1.74 bits per heavy atom. The fraction of sp³-hybridized carbons (Fsp3) is 0.444. The second-order valence-corrected chi connectivity index (χ2v) is 6.32. The summed E-state index contributed by atoms with van der Waals surface area (Å²) in [5.74, 6) is 0.0419. The molecule has 1 aliphatic rings. The molecule has 0 radical (unpaired) electrons. The van der Waals surface area contributed by atoms with Gasteiger partial charge in [-0.15, -0.1) is 0 Å². The van der Waals surface area contributed by atoms with Crippen LogP contribution >= 0.6 is 0 Å². The van der Waals surface area contributed by atoms with Gasteiger partial charge in [-0.25, -0.2) is 0 Å². The Hall–Kier alpha value is -2.30. The normalized spacial score (nSPS) is 15.3. The molecule has 3 rings (SSSR count). The van der Waals surface area contributed by atoms with Gasteiger partial charge in [-0.1, -0.05) is 18.2 Å². The van der Waals surface area contributed by atoms with Crippen molar-refractivity contribution in [2.75, 3.05) is 31.1 Å². The van der Waals surface area contributed by atoms with Gasteiger partial charge in [-0.3, -0.25) is 9.48 Å².